The summed E-state index contributed by atoms with van der Waals surface area (Å²) in [6.07, 6.45) is 4.21. The molecule has 2 unspecified atom stereocenters. The molecule has 2 amide bonds. The first-order valence-electron chi connectivity index (χ1n) is 11.1. The third-order valence-corrected chi connectivity index (χ3v) is 6.23. The lowest BCUT2D eigenvalue weighted by molar-refractivity contribution is -0.131. The van der Waals surface area contributed by atoms with Crippen LogP contribution >= 0.6 is 0 Å². The van der Waals surface area contributed by atoms with Crippen LogP contribution < -0.4 is 0 Å². The summed E-state index contributed by atoms with van der Waals surface area (Å²) in [4.78, 5) is 29.3. The molecule has 2 aliphatic rings. The highest BCUT2D eigenvalue weighted by molar-refractivity contribution is 6.08. The summed E-state index contributed by atoms with van der Waals surface area (Å²) in [7, 11) is 0. The van der Waals surface area contributed by atoms with E-state index in [-0.39, 0.29) is 23.9 Å². The van der Waals surface area contributed by atoms with Crippen molar-refractivity contribution >= 4 is 23.2 Å². The second kappa shape index (κ2) is 8.40. The van der Waals surface area contributed by atoms with Crippen LogP contribution in [0, 0.1) is 13.8 Å². The van der Waals surface area contributed by atoms with Crippen molar-refractivity contribution in [3.05, 3.63) is 76.9 Å². The molecule has 0 saturated carbocycles. The number of carbonyl (C=O) groups excluding carboxylic acids is 2. The largest absolute Gasteiger partial charge is 0.467 e. The van der Waals surface area contributed by atoms with Crippen LogP contribution in [0.5, 0.6) is 0 Å². The Morgan fingerprint density at radius 2 is 1.26 bits per heavy atom. The van der Waals surface area contributed by atoms with Crippen LogP contribution in [0.4, 0.5) is 0 Å². The number of rotatable bonds is 4. The van der Waals surface area contributed by atoms with Crippen molar-refractivity contribution in [3.8, 4) is 0 Å². The maximum absolute atomic E-state index is 12.3. The van der Waals surface area contributed by atoms with Gasteiger partial charge in [0.05, 0.1) is 23.9 Å². The zero-order chi connectivity index (χ0) is 24.0. The molecule has 5 rings (SSSR count). The van der Waals surface area contributed by atoms with Crippen molar-refractivity contribution in [2.75, 3.05) is 0 Å². The Kier molecular flexibility index (Phi) is 5.39. The highest BCUT2D eigenvalue weighted by atomic mass is 16.3. The average Bonchev–Trinajstić information content (AvgIpc) is 3.59. The minimum absolute atomic E-state index is 0.159. The van der Waals surface area contributed by atoms with Crippen molar-refractivity contribution in [3.63, 3.8) is 0 Å². The summed E-state index contributed by atoms with van der Waals surface area (Å²) >= 11 is 0. The summed E-state index contributed by atoms with van der Waals surface area (Å²) in [6, 6.07) is 8.72. The standard InChI is InChI=1S/C25H25N5O4/c1-14-18(20-12-22(24-7-5-9-33-24)29(27-20)16(3)31)11-19(15(2)26-14)21-13-23(25-8-6-10-34-25)30(28-21)17(4)32/h5-11,22-23H,12-13H2,1-4H3. The van der Waals surface area contributed by atoms with Crippen LogP contribution in [0.2, 0.25) is 0 Å². The number of hydrazone groups is 2. The lowest BCUT2D eigenvalue weighted by Gasteiger charge is -2.17. The second-order valence-corrected chi connectivity index (χ2v) is 8.55. The third-order valence-electron chi connectivity index (χ3n) is 6.23. The molecule has 0 saturated heterocycles. The average molecular weight is 460 g/mol. The van der Waals surface area contributed by atoms with Gasteiger partial charge in [-0.25, -0.2) is 10.0 Å². The molecule has 5 heterocycles. The van der Waals surface area contributed by atoms with Crippen molar-refractivity contribution < 1.29 is 18.4 Å². The van der Waals surface area contributed by atoms with E-state index in [0.717, 1.165) is 33.9 Å². The minimum Gasteiger partial charge on any atom is -0.467 e. The molecule has 0 aliphatic carbocycles. The third kappa shape index (κ3) is 3.72. The summed E-state index contributed by atoms with van der Waals surface area (Å²) in [5.74, 6) is 1.05. The second-order valence-electron chi connectivity index (χ2n) is 8.55. The zero-order valence-corrected chi connectivity index (χ0v) is 19.5. The van der Waals surface area contributed by atoms with Gasteiger partial charge in [-0.3, -0.25) is 14.6 Å². The van der Waals surface area contributed by atoms with E-state index in [9.17, 15) is 9.59 Å². The summed E-state index contributed by atoms with van der Waals surface area (Å²) in [5.41, 5.74) is 4.83. The molecule has 0 aromatic carbocycles. The van der Waals surface area contributed by atoms with Crippen LogP contribution in [-0.2, 0) is 9.59 Å². The van der Waals surface area contributed by atoms with Gasteiger partial charge in [-0.15, -0.1) is 0 Å². The first-order valence-corrected chi connectivity index (χ1v) is 11.1. The molecular formula is C25H25N5O4. The lowest BCUT2D eigenvalue weighted by atomic mass is 9.95. The van der Waals surface area contributed by atoms with Gasteiger partial charge < -0.3 is 8.83 Å². The molecule has 174 valence electrons. The van der Waals surface area contributed by atoms with E-state index in [2.05, 4.69) is 10.2 Å². The molecule has 9 heteroatoms. The van der Waals surface area contributed by atoms with Crippen LogP contribution in [0.3, 0.4) is 0 Å². The number of aryl methyl sites for hydroxylation is 2. The number of pyridine rings is 1. The van der Waals surface area contributed by atoms with Gasteiger partial charge in [0.1, 0.15) is 23.6 Å². The molecule has 0 spiro atoms. The number of carbonyl (C=O) groups is 2. The predicted octanol–water partition coefficient (Wildman–Crippen LogP) is 4.28. The van der Waals surface area contributed by atoms with E-state index in [0.29, 0.717) is 24.4 Å². The lowest BCUT2D eigenvalue weighted by Crippen LogP contribution is -2.23. The van der Waals surface area contributed by atoms with Crippen LogP contribution in [0.25, 0.3) is 0 Å². The number of aromatic nitrogens is 1. The van der Waals surface area contributed by atoms with E-state index in [4.69, 9.17) is 13.8 Å². The van der Waals surface area contributed by atoms with Gasteiger partial charge in [-0.2, -0.15) is 10.2 Å². The SMILES string of the molecule is CC(=O)N1N=C(c2cc(C3=NN(C(C)=O)C(c4ccco4)C3)c(C)nc2C)CC1c1ccco1. The van der Waals surface area contributed by atoms with Gasteiger partial charge >= 0.3 is 0 Å². The Morgan fingerprint density at radius 3 is 1.62 bits per heavy atom. The molecule has 0 bridgehead atoms. The Bertz CT molecular complexity index is 1210. The number of hydrogen-bond acceptors (Lipinski definition) is 7. The molecule has 3 aromatic heterocycles. The summed E-state index contributed by atoms with van der Waals surface area (Å²) in [6.45, 7) is 6.84. The van der Waals surface area contributed by atoms with Crippen LogP contribution in [-0.4, -0.2) is 38.2 Å². The molecular weight excluding hydrogens is 434 g/mol. The fraction of sp³-hybridized carbons (Fsp3) is 0.320. The fourth-order valence-corrected chi connectivity index (χ4v) is 4.64. The minimum atomic E-state index is -0.299. The van der Waals surface area contributed by atoms with E-state index in [1.807, 2.05) is 32.0 Å². The van der Waals surface area contributed by atoms with Crippen molar-refractivity contribution in [2.24, 2.45) is 10.2 Å². The first kappa shape index (κ1) is 21.8. The zero-order valence-electron chi connectivity index (χ0n) is 19.5. The van der Waals surface area contributed by atoms with Gasteiger partial charge in [0.25, 0.3) is 0 Å². The molecule has 2 aliphatic heterocycles. The Morgan fingerprint density at radius 1 is 0.824 bits per heavy atom. The Hall–Kier alpha value is -4.01. The Balaban J connectivity index is 1.52. The Labute approximate surface area is 196 Å². The van der Waals surface area contributed by atoms with E-state index in [1.54, 1.807) is 24.7 Å². The van der Waals surface area contributed by atoms with Crippen molar-refractivity contribution in [1.29, 1.82) is 0 Å². The monoisotopic (exact) mass is 459 g/mol. The van der Waals surface area contributed by atoms with Crippen molar-refractivity contribution in [2.45, 2.75) is 52.6 Å². The number of nitrogens with zero attached hydrogens (tertiary/aromatic N) is 5. The van der Waals surface area contributed by atoms with E-state index < -0.39 is 0 Å². The first-order chi connectivity index (χ1) is 16.3. The molecule has 0 radical (unpaired) electrons. The molecule has 3 aromatic rings. The smallest absolute Gasteiger partial charge is 0.240 e. The summed E-state index contributed by atoms with van der Waals surface area (Å²) < 4.78 is 11.1. The van der Waals surface area contributed by atoms with Gasteiger partial charge in [0.15, 0.2) is 0 Å². The maximum Gasteiger partial charge on any atom is 0.240 e. The quantitative estimate of drug-likeness (QED) is 0.579. The van der Waals surface area contributed by atoms with Gasteiger partial charge in [0.2, 0.25) is 11.8 Å². The molecule has 9 nitrogen and oxygen atoms in total. The highest BCUT2D eigenvalue weighted by Crippen LogP contribution is 2.36. The normalized spacial score (nSPS) is 20.0. The van der Waals surface area contributed by atoms with Gasteiger partial charge in [0, 0.05) is 49.2 Å². The topological polar surface area (TPSA) is 105 Å². The number of furan rings is 2. The molecule has 2 atom stereocenters. The maximum atomic E-state index is 12.3. The number of amides is 2. The molecule has 0 fully saturated rings. The van der Waals surface area contributed by atoms with Gasteiger partial charge in [-0.1, -0.05) is 0 Å². The highest BCUT2D eigenvalue weighted by Gasteiger charge is 2.36. The van der Waals surface area contributed by atoms with Gasteiger partial charge in [-0.05, 0) is 44.2 Å². The number of hydrogen-bond donors (Lipinski definition) is 0. The predicted molar refractivity (Wildman–Crippen MR) is 124 cm³/mol. The molecule has 0 N–H and O–H groups in total. The van der Waals surface area contributed by atoms with Crippen LogP contribution in [0.1, 0.15) is 72.8 Å². The van der Waals surface area contributed by atoms with Crippen molar-refractivity contribution in [1.82, 2.24) is 15.0 Å². The van der Waals surface area contributed by atoms with E-state index in [1.165, 1.54) is 23.9 Å². The molecule has 34 heavy (non-hydrogen) atoms. The summed E-state index contributed by atoms with van der Waals surface area (Å²) in [5, 5.41) is 12.2. The van der Waals surface area contributed by atoms with E-state index >= 15 is 0 Å². The van der Waals surface area contributed by atoms with Crippen LogP contribution in [0.15, 0.2) is 61.9 Å². The fourth-order valence-electron chi connectivity index (χ4n) is 4.64.